The van der Waals surface area contributed by atoms with E-state index in [-0.39, 0.29) is 5.41 Å². The number of rotatable bonds is 5. The van der Waals surface area contributed by atoms with Crippen LogP contribution in [0.15, 0.2) is 216 Å². The van der Waals surface area contributed by atoms with Crippen LogP contribution in [0.2, 0.25) is 0 Å². The molecule has 2 heterocycles. The molecule has 0 saturated carbocycles. The molecule has 1 spiro atoms. The maximum atomic E-state index is 5.24. The summed E-state index contributed by atoms with van der Waals surface area (Å²) in [6, 6.07) is 74.3. The third kappa shape index (κ3) is 5.20. The lowest BCUT2D eigenvalue weighted by Gasteiger charge is -2.39. The Morgan fingerprint density at radius 3 is 1.50 bits per heavy atom. The Balaban J connectivity index is 1.04. The van der Waals surface area contributed by atoms with Crippen LogP contribution in [0.4, 0.5) is 0 Å². The second kappa shape index (κ2) is 13.2. The average molecular weight is 731 g/mol. The lowest BCUT2D eigenvalue weighted by molar-refractivity contribution is 0.722. The first-order valence-corrected chi connectivity index (χ1v) is 19.9. The highest BCUT2D eigenvalue weighted by atomic mass is 32.2. The molecule has 3 heteroatoms. The van der Waals surface area contributed by atoms with Gasteiger partial charge in [0.25, 0.3) is 0 Å². The normalized spacial score (nSPS) is 13.1. The Bertz CT molecular complexity index is 2910. The number of hydrogen-bond donors (Lipinski definition) is 0. The minimum Gasteiger partial charge on any atom is -0.228 e. The molecule has 0 fully saturated rings. The number of hydrogen-bond acceptors (Lipinski definition) is 3. The van der Waals surface area contributed by atoms with E-state index in [0.29, 0.717) is 5.82 Å². The van der Waals surface area contributed by atoms with Gasteiger partial charge >= 0.3 is 0 Å². The fraction of sp³-hybridized carbons (Fsp3) is 0.0189. The quantitative estimate of drug-likeness (QED) is 0.176. The Kier molecular flexibility index (Phi) is 7.68. The van der Waals surface area contributed by atoms with Gasteiger partial charge in [0, 0.05) is 26.5 Å². The molecule has 1 aliphatic carbocycles. The molecule has 0 radical (unpaired) electrons. The molecule has 0 atom stereocenters. The van der Waals surface area contributed by atoms with Crippen LogP contribution in [0.25, 0.3) is 67.3 Å². The summed E-state index contributed by atoms with van der Waals surface area (Å²) in [6.45, 7) is 0. The Morgan fingerprint density at radius 2 is 0.786 bits per heavy atom. The maximum absolute atomic E-state index is 5.24. The van der Waals surface area contributed by atoms with Crippen molar-refractivity contribution in [3.8, 4) is 67.3 Å². The molecule has 0 amide bonds. The highest BCUT2D eigenvalue weighted by Crippen LogP contribution is 2.62. The van der Waals surface area contributed by atoms with Gasteiger partial charge in [-0.1, -0.05) is 188 Å². The number of fused-ring (bicyclic) bond motifs is 9. The van der Waals surface area contributed by atoms with Crippen molar-refractivity contribution in [2.45, 2.75) is 15.2 Å². The summed E-state index contributed by atoms with van der Waals surface area (Å²) in [5, 5.41) is 0. The zero-order chi connectivity index (χ0) is 37.1. The van der Waals surface area contributed by atoms with Gasteiger partial charge in [0.2, 0.25) is 0 Å². The summed E-state index contributed by atoms with van der Waals surface area (Å²) in [6.07, 6.45) is 0. The van der Waals surface area contributed by atoms with E-state index in [4.69, 9.17) is 9.97 Å². The van der Waals surface area contributed by atoms with Crippen LogP contribution >= 0.6 is 11.8 Å². The van der Waals surface area contributed by atoms with E-state index >= 15 is 0 Å². The molecular weight excluding hydrogens is 697 g/mol. The zero-order valence-electron chi connectivity index (χ0n) is 30.4. The van der Waals surface area contributed by atoms with Crippen LogP contribution in [0.3, 0.4) is 0 Å². The van der Waals surface area contributed by atoms with Gasteiger partial charge in [-0.3, -0.25) is 0 Å². The number of aromatic nitrogens is 2. The Labute approximate surface area is 331 Å². The zero-order valence-corrected chi connectivity index (χ0v) is 31.2. The van der Waals surface area contributed by atoms with Crippen molar-refractivity contribution in [1.82, 2.24) is 9.97 Å². The molecule has 56 heavy (non-hydrogen) atoms. The summed E-state index contributed by atoms with van der Waals surface area (Å²) in [5.74, 6) is 0.702. The van der Waals surface area contributed by atoms with Gasteiger partial charge in [-0.2, -0.15) is 0 Å². The van der Waals surface area contributed by atoms with Crippen LogP contribution in [-0.4, -0.2) is 9.97 Å². The molecule has 11 rings (SSSR count). The minimum absolute atomic E-state index is 0.384. The average Bonchev–Trinajstić information content (AvgIpc) is 3.57. The van der Waals surface area contributed by atoms with E-state index in [1.54, 1.807) is 0 Å². The number of nitrogens with zero attached hydrogens (tertiary/aromatic N) is 2. The van der Waals surface area contributed by atoms with Crippen LogP contribution < -0.4 is 0 Å². The van der Waals surface area contributed by atoms with E-state index in [1.807, 2.05) is 17.8 Å². The van der Waals surface area contributed by atoms with Crippen molar-refractivity contribution in [3.63, 3.8) is 0 Å². The van der Waals surface area contributed by atoms with Gasteiger partial charge in [0.05, 0.1) is 16.8 Å². The molecule has 0 bridgehead atoms. The molecule has 262 valence electrons. The standard InChI is InChI=1S/C53H34N2S/c1-3-15-35(16-4-1)37-19-13-21-40(31-37)49-34-48(36-17-5-2-6-18-36)54-52(55-49)41-22-14-20-38(32-41)39-29-30-47-51(33-39)56-50-28-12-11-27-46(50)53(47)44-25-9-7-23-42(44)43-24-8-10-26-45(43)53/h1-34H. The molecule has 8 aromatic carbocycles. The SMILES string of the molecule is c1ccc(-c2cccc(-c3cc(-c4ccccc4)nc(-c4cccc(-c5ccc6c(c5)Sc5ccccc5C65c6ccccc6-c6ccccc65)c4)n3)c2)cc1. The first kappa shape index (κ1) is 32.6. The topological polar surface area (TPSA) is 25.8 Å². The molecular formula is C53H34N2S. The van der Waals surface area contributed by atoms with E-state index in [1.165, 1.54) is 54.3 Å². The van der Waals surface area contributed by atoms with Crippen LogP contribution in [0, 0.1) is 0 Å². The van der Waals surface area contributed by atoms with Gasteiger partial charge in [-0.05, 0) is 86.0 Å². The van der Waals surface area contributed by atoms with Crippen molar-refractivity contribution in [2.24, 2.45) is 0 Å². The summed E-state index contributed by atoms with van der Waals surface area (Å²) >= 11 is 1.88. The highest BCUT2D eigenvalue weighted by Gasteiger charge is 2.50. The monoisotopic (exact) mass is 730 g/mol. The fourth-order valence-electron chi connectivity index (χ4n) is 8.85. The third-order valence-electron chi connectivity index (χ3n) is 11.4. The molecule has 1 aromatic heterocycles. The minimum atomic E-state index is -0.384. The van der Waals surface area contributed by atoms with Gasteiger partial charge < -0.3 is 0 Å². The molecule has 1 aliphatic heterocycles. The second-order valence-corrected chi connectivity index (χ2v) is 15.6. The van der Waals surface area contributed by atoms with Crippen molar-refractivity contribution in [2.75, 3.05) is 0 Å². The van der Waals surface area contributed by atoms with E-state index in [0.717, 1.165) is 39.2 Å². The maximum Gasteiger partial charge on any atom is 0.160 e. The van der Waals surface area contributed by atoms with Crippen LogP contribution in [0.5, 0.6) is 0 Å². The predicted molar refractivity (Wildman–Crippen MR) is 231 cm³/mol. The number of benzene rings is 8. The second-order valence-electron chi connectivity index (χ2n) is 14.5. The molecule has 0 saturated heterocycles. The molecule has 2 nitrogen and oxygen atoms in total. The third-order valence-corrected chi connectivity index (χ3v) is 12.5. The smallest absolute Gasteiger partial charge is 0.160 e. The lowest BCUT2D eigenvalue weighted by Crippen LogP contribution is -2.31. The van der Waals surface area contributed by atoms with Crippen molar-refractivity contribution < 1.29 is 0 Å². The summed E-state index contributed by atoms with van der Waals surface area (Å²) in [5.41, 5.74) is 17.2. The van der Waals surface area contributed by atoms with Crippen molar-refractivity contribution in [1.29, 1.82) is 0 Å². The van der Waals surface area contributed by atoms with Crippen molar-refractivity contribution >= 4 is 11.8 Å². The molecule has 0 unspecified atom stereocenters. The van der Waals surface area contributed by atoms with E-state index in [2.05, 4.69) is 200 Å². The summed E-state index contributed by atoms with van der Waals surface area (Å²) in [4.78, 5) is 13.0. The van der Waals surface area contributed by atoms with Gasteiger partial charge in [-0.25, -0.2) is 9.97 Å². The predicted octanol–water partition coefficient (Wildman–Crippen LogP) is 13.6. The fourth-order valence-corrected chi connectivity index (χ4v) is 10.1. The van der Waals surface area contributed by atoms with Crippen LogP contribution in [0.1, 0.15) is 22.3 Å². The first-order valence-electron chi connectivity index (χ1n) is 19.1. The van der Waals surface area contributed by atoms with Crippen LogP contribution in [-0.2, 0) is 5.41 Å². The molecule has 2 aliphatic rings. The Morgan fingerprint density at radius 1 is 0.304 bits per heavy atom. The Hall–Kier alpha value is -6.81. The summed E-state index contributed by atoms with van der Waals surface area (Å²) in [7, 11) is 0. The van der Waals surface area contributed by atoms with Gasteiger partial charge in [0.1, 0.15) is 0 Å². The largest absolute Gasteiger partial charge is 0.228 e. The summed E-state index contributed by atoms with van der Waals surface area (Å²) < 4.78 is 0. The highest BCUT2D eigenvalue weighted by molar-refractivity contribution is 7.99. The molecule has 9 aromatic rings. The lowest BCUT2D eigenvalue weighted by atomic mass is 9.67. The first-order chi connectivity index (χ1) is 27.7. The van der Waals surface area contributed by atoms with E-state index < -0.39 is 0 Å². The van der Waals surface area contributed by atoms with Gasteiger partial charge in [-0.15, -0.1) is 0 Å². The van der Waals surface area contributed by atoms with Crippen molar-refractivity contribution in [3.05, 3.63) is 229 Å². The molecule has 0 N–H and O–H groups in total. The van der Waals surface area contributed by atoms with E-state index in [9.17, 15) is 0 Å². The van der Waals surface area contributed by atoms with Gasteiger partial charge in [0.15, 0.2) is 5.82 Å².